The summed E-state index contributed by atoms with van der Waals surface area (Å²) >= 11 is 7.11. The fourth-order valence-corrected chi connectivity index (χ4v) is 2.65. The highest BCUT2D eigenvalue weighted by molar-refractivity contribution is 9.10. The molecule has 0 bridgehead atoms. The van der Waals surface area contributed by atoms with Crippen molar-refractivity contribution in [2.45, 2.75) is 13.5 Å². The smallest absolute Gasteiger partial charge is 0.0487 e. The van der Waals surface area contributed by atoms with Crippen molar-refractivity contribution in [2.24, 2.45) is 0 Å². The maximum Gasteiger partial charge on any atom is 0.0487 e. The molecule has 2 aromatic rings. The predicted octanol–water partition coefficient (Wildman–Crippen LogP) is 5.13. The molecule has 88 valence electrons. The van der Waals surface area contributed by atoms with Gasteiger partial charge in [0.1, 0.15) is 0 Å². The van der Waals surface area contributed by atoms with E-state index in [9.17, 15) is 0 Å². The van der Waals surface area contributed by atoms with Gasteiger partial charge in [0.05, 0.1) is 0 Å². The molecule has 0 amide bonds. The van der Waals surface area contributed by atoms with E-state index < -0.39 is 0 Å². The second-order valence-corrected chi connectivity index (χ2v) is 5.64. The van der Waals surface area contributed by atoms with E-state index in [4.69, 9.17) is 0 Å². The van der Waals surface area contributed by atoms with Crippen LogP contribution in [0, 0.1) is 6.92 Å². The molecule has 0 aromatic heterocycles. The monoisotopic (exact) mass is 353 g/mol. The van der Waals surface area contributed by atoms with Crippen molar-refractivity contribution in [1.29, 1.82) is 0 Å². The van der Waals surface area contributed by atoms with Crippen LogP contribution in [0.4, 0.5) is 5.69 Å². The number of hydrogen-bond donors (Lipinski definition) is 1. The summed E-state index contributed by atoms with van der Waals surface area (Å²) in [6, 6.07) is 14.5. The van der Waals surface area contributed by atoms with Crippen LogP contribution < -0.4 is 5.32 Å². The summed E-state index contributed by atoms with van der Waals surface area (Å²) in [6.45, 7) is 2.90. The maximum atomic E-state index is 3.59. The van der Waals surface area contributed by atoms with E-state index in [0.29, 0.717) is 0 Å². The van der Waals surface area contributed by atoms with Crippen molar-refractivity contribution >= 4 is 37.5 Å². The third kappa shape index (κ3) is 3.33. The topological polar surface area (TPSA) is 12.0 Å². The molecule has 0 saturated carbocycles. The Bertz CT molecular complexity index is 523. The molecule has 1 nitrogen and oxygen atoms in total. The molecular weight excluding hydrogens is 342 g/mol. The van der Waals surface area contributed by atoms with Crippen LogP contribution in [0.5, 0.6) is 0 Å². The Morgan fingerprint density at radius 3 is 2.47 bits per heavy atom. The number of hydrogen-bond acceptors (Lipinski definition) is 1. The van der Waals surface area contributed by atoms with Crippen LogP contribution in [0.2, 0.25) is 0 Å². The molecule has 3 heteroatoms. The highest BCUT2D eigenvalue weighted by Crippen LogP contribution is 2.24. The van der Waals surface area contributed by atoms with E-state index in [1.165, 1.54) is 11.1 Å². The van der Waals surface area contributed by atoms with Gasteiger partial charge in [0.25, 0.3) is 0 Å². The first kappa shape index (κ1) is 12.7. The molecule has 0 aliphatic rings. The van der Waals surface area contributed by atoms with Crippen molar-refractivity contribution in [3.63, 3.8) is 0 Å². The van der Waals surface area contributed by atoms with Crippen molar-refractivity contribution in [3.05, 3.63) is 62.5 Å². The predicted molar refractivity (Wildman–Crippen MR) is 80.3 cm³/mol. The van der Waals surface area contributed by atoms with E-state index in [1.807, 2.05) is 18.2 Å². The van der Waals surface area contributed by atoms with Crippen LogP contribution >= 0.6 is 31.9 Å². The number of para-hydroxylation sites is 1. The Morgan fingerprint density at radius 2 is 1.76 bits per heavy atom. The van der Waals surface area contributed by atoms with Crippen LogP contribution in [0.15, 0.2) is 51.4 Å². The van der Waals surface area contributed by atoms with E-state index >= 15 is 0 Å². The van der Waals surface area contributed by atoms with E-state index in [-0.39, 0.29) is 0 Å². The van der Waals surface area contributed by atoms with E-state index in [2.05, 4.69) is 68.4 Å². The van der Waals surface area contributed by atoms with Gasteiger partial charge in [0, 0.05) is 21.2 Å². The summed E-state index contributed by atoms with van der Waals surface area (Å²) in [6.07, 6.45) is 0. The van der Waals surface area contributed by atoms with Crippen molar-refractivity contribution < 1.29 is 0 Å². The molecule has 2 aromatic carbocycles. The Labute approximate surface area is 119 Å². The first-order valence-corrected chi connectivity index (χ1v) is 6.99. The third-order valence-corrected chi connectivity index (χ3v) is 3.98. The molecule has 17 heavy (non-hydrogen) atoms. The Morgan fingerprint density at radius 1 is 1.00 bits per heavy atom. The Kier molecular flexibility index (Phi) is 4.24. The molecule has 0 unspecified atom stereocenters. The highest BCUT2D eigenvalue weighted by atomic mass is 79.9. The minimum atomic E-state index is 0.809. The molecule has 0 radical (unpaired) electrons. The highest BCUT2D eigenvalue weighted by Gasteiger charge is 2.01. The van der Waals surface area contributed by atoms with Gasteiger partial charge in [-0.1, -0.05) is 40.2 Å². The molecule has 1 N–H and O–H groups in total. The summed E-state index contributed by atoms with van der Waals surface area (Å²) < 4.78 is 2.24. The molecular formula is C14H13Br2N. The van der Waals surface area contributed by atoms with Gasteiger partial charge >= 0.3 is 0 Å². The summed E-state index contributed by atoms with van der Waals surface area (Å²) in [7, 11) is 0. The zero-order valence-electron chi connectivity index (χ0n) is 9.50. The van der Waals surface area contributed by atoms with Crippen LogP contribution in [0.3, 0.4) is 0 Å². The second kappa shape index (κ2) is 5.69. The van der Waals surface area contributed by atoms with Crippen LogP contribution in [0.1, 0.15) is 11.1 Å². The zero-order valence-corrected chi connectivity index (χ0v) is 12.7. The fraction of sp³-hybridized carbons (Fsp3) is 0.143. The van der Waals surface area contributed by atoms with Gasteiger partial charge in [-0.15, -0.1) is 0 Å². The van der Waals surface area contributed by atoms with Gasteiger partial charge in [-0.2, -0.15) is 0 Å². The minimum absolute atomic E-state index is 0.809. The fourth-order valence-electron chi connectivity index (χ4n) is 1.59. The molecule has 2 rings (SSSR count). The van der Waals surface area contributed by atoms with Crippen LogP contribution in [-0.4, -0.2) is 0 Å². The lowest BCUT2D eigenvalue weighted by Gasteiger charge is -2.10. The summed E-state index contributed by atoms with van der Waals surface area (Å²) in [5.41, 5.74) is 3.63. The molecule has 0 atom stereocenters. The lowest BCUT2D eigenvalue weighted by atomic mass is 10.1. The number of benzene rings is 2. The average Bonchev–Trinajstić information content (AvgIpc) is 2.30. The summed E-state index contributed by atoms with van der Waals surface area (Å²) in [5, 5.41) is 3.41. The minimum Gasteiger partial charge on any atom is -0.380 e. The lowest BCUT2D eigenvalue weighted by Crippen LogP contribution is -2.00. The van der Waals surface area contributed by atoms with Crippen LogP contribution in [-0.2, 0) is 6.54 Å². The van der Waals surface area contributed by atoms with Gasteiger partial charge in [0.15, 0.2) is 0 Å². The zero-order chi connectivity index (χ0) is 12.3. The Hall–Kier alpha value is -0.800. The first-order chi connectivity index (χ1) is 8.16. The van der Waals surface area contributed by atoms with Crippen molar-refractivity contribution in [1.82, 2.24) is 0 Å². The molecule has 0 heterocycles. The number of aryl methyl sites for hydroxylation is 1. The van der Waals surface area contributed by atoms with Gasteiger partial charge in [-0.25, -0.2) is 0 Å². The lowest BCUT2D eigenvalue weighted by molar-refractivity contribution is 1.13. The van der Waals surface area contributed by atoms with Gasteiger partial charge in [0.2, 0.25) is 0 Å². The van der Waals surface area contributed by atoms with Gasteiger partial charge in [-0.05, 0) is 52.2 Å². The van der Waals surface area contributed by atoms with Crippen molar-refractivity contribution in [3.8, 4) is 0 Å². The third-order valence-electron chi connectivity index (χ3n) is 2.55. The molecule has 0 fully saturated rings. The second-order valence-electron chi connectivity index (χ2n) is 3.93. The number of nitrogens with one attached hydrogen (secondary N) is 1. The standard InChI is InChI=1S/C14H13Br2N/c1-10-6-7-11(13(16)8-10)9-17-14-5-3-2-4-12(14)15/h2-8,17H,9H2,1H3. The van der Waals surface area contributed by atoms with E-state index in [0.717, 1.165) is 21.2 Å². The average molecular weight is 355 g/mol. The summed E-state index contributed by atoms with van der Waals surface area (Å²) in [4.78, 5) is 0. The Balaban J connectivity index is 2.10. The van der Waals surface area contributed by atoms with E-state index in [1.54, 1.807) is 0 Å². The van der Waals surface area contributed by atoms with Crippen LogP contribution in [0.25, 0.3) is 0 Å². The SMILES string of the molecule is Cc1ccc(CNc2ccccc2Br)c(Br)c1. The summed E-state index contributed by atoms with van der Waals surface area (Å²) in [5.74, 6) is 0. The largest absolute Gasteiger partial charge is 0.380 e. The first-order valence-electron chi connectivity index (χ1n) is 5.40. The molecule has 0 saturated heterocycles. The molecule has 0 spiro atoms. The molecule has 0 aliphatic carbocycles. The van der Waals surface area contributed by atoms with Gasteiger partial charge in [-0.3, -0.25) is 0 Å². The normalized spacial score (nSPS) is 10.3. The molecule has 0 aliphatic heterocycles. The quantitative estimate of drug-likeness (QED) is 0.805. The maximum absolute atomic E-state index is 3.59. The van der Waals surface area contributed by atoms with Gasteiger partial charge < -0.3 is 5.32 Å². The number of halogens is 2. The number of anilines is 1. The number of rotatable bonds is 3. The van der Waals surface area contributed by atoms with Crippen molar-refractivity contribution in [2.75, 3.05) is 5.32 Å².